The van der Waals surface area contributed by atoms with Crippen LogP contribution in [-0.4, -0.2) is 56.3 Å². The van der Waals surface area contributed by atoms with Gasteiger partial charge in [0.15, 0.2) is 0 Å². The summed E-state index contributed by atoms with van der Waals surface area (Å²) in [4.78, 5) is 15.5. The van der Waals surface area contributed by atoms with Crippen molar-refractivity contribution in [3.8, 4) is 0 Å². The molecule has 2 aliphatic heterocycles. The fourth-order valence-corrected chi connectivity index (χ4v) is 5.72. The molecule has 4 rings (SSSR count). The number of benzene rings is 2. The molecule has 32 heavy (non-hydrogen) atoms. The summed E-state index contributed by atoms with van der Waals surface area (Å²) in [6.07, 6.45) is -3.77. The molecule has 0 atom stereocenters. The highest BCUT2D eigenvalue weighted by Crippen LogP contribution is 2.32. The fourth-order valence-electron chi connectivity index (χ4n) is 4.25. The number of sulfonamides is 1. The monoisotopic (exact) mass is 467 g/mol. The number of rotatable bonds is 4. The Morgan fingerprint density at radius 2 is 1.72 bits per heavy atom. The number of hydrogen-bond acceptors (Lipinski definition) is 4. The first kappa shape index (κ1) is 22.8. The van der Waals surface area contributed by atoms with E-state index in [2.05, 4.69) is 0 Å². The quantitative estimate of drug-likeness (QED) is 0.693. The zero-order chi connectivity index (χ0) is 23.1. The van der Waals surface area contributed by atoms with Gasteiger partial charge in [0.1, 0.15) is 0 Å². The number of piperazine rings is 1. The summed E-state index contributed by atoms with van der Waals surface area (Å²) >= 11 is 0. The smallest absolute Gasteiger partial charge is 0.312 e. The lowest BCUT2D eigenvalue weighted by molar-refractivity contribution is -0.137. The molecule has 0 unspecified atom stereocenters. The number of halogens is 3. The Hall–Kier alpha value is -2.43. The van der Waals surface area contributed by atoms with E-state index in [1.807, 2.05) is 4.90 Å². The summed E-state index contributed by atoms with van der Waals surface area (Å²) in [5.41, 5.74) is 1.45. The van der Waals surface area contributed by atoms with Crippen molar-refractivity contribution >= 4 is 21.6 Å². The van der Waals surface area contributed by atoms with E-state index in [0.717, 1.165) is 23.4 Å². The zero-order valence-corrected chi connectivity index (χ0v) is 18.4. The summed E-state index contributed by atoms with van der Waals surface area (Å²) in [5.74, 6) is -0.0729. The number of amides is 1. The van der Waals surface area contributed by atoms with Crippen LogP contribution in [0.1, 0.15) is 23.6 Å². The Morgan fingerprint density at radius 3 is 2.38 bits per heavy atom. The predicted molar refractivity (Wildman–Crippen MR) is 114 cm³/mol. The molecule has 10 heteroatoms. The second-order valence-electron chi connectivity index (χ2n) is 8.09. The highest BCUT2D eigenvalue weighted by atomic mass is 32.2. The van der Waals surface area contributed by atoms with Gasteiger partial charge in [0, 0.05) is 51.9 Å². The van der Waals surface area contributed by atoms with Gasteiger partial charge in [-0.1, -0.05) is 18.2 Å². The summed E-state index contributed by atoms with van der Waals surface area (Å²) in [7, 11) is -3.69. The third-order valence-electron chi connectivity index (χ3n) is 5.96. The van der Waals surface area contributed by atoms with Crippen molar-refractivity contribution < 1.29 is 26.4 Å². The maximum Gasteiger partial charge on any atom is 0.416 e. The molecule has 1 fully saturated rings. The Labute approximate surface area is 185 Å². The van der Waals surface area contributed by atoms with Crippen molar-refractivity contribution in [1.29, 1.82) is 0 Å². The van der Waals surface area contributed by atoms with Gasteiger partial charge < -0.3 is 4.90 Å². The van der Waals surface area contributed by atoms with Crippen LogP contribution in [0.3, 0.4) is 0 Å². The van der Waals surface area contributed by atoms with Gasteiger partial charge in [-0.2, -0.15) is 17.5 Å². The van der Waals surface area contributed by atoms with E-state index in [1.54, 1.807) is 23.1 Å². The van der Waals surface area contributed by atoms with E-state index >= 15 is 0 Å². The first-order valence-corrected chi connectivity index (χ1v) is 11.8. The van der Waals surface area contributed by atoms with E-state index in [4.69, 9.17) is 0 Å². The van der Waals surface area contributed by atoms with Crippen LogP contribution in [0.25, 0.3) is 0 Å². The van der Waals surface area contributed by atoms with Gasteiger partial charge in [-0.25, -0.2) is 8.42 Å². The van der Waals surface area contributed by atoms with Gasteiger partial charge in [0.2, 0.25) is 15.9 Å². The molecule has 2 aromatic rings. The minimum absolute atomic E-state index is 0.0729. The molecule has 1 amide bonds. The van der Waals surface area contributed by atoms with Crippen LogP contribution in [0.15, 0.2) is 47.4 Å². The van der Waals surface area contributed by atoms with Gasteiger partial charge in [0.05, 0.1) is 10.5 Å². The SMILES string of the molecule is CC(=O)N1CCc2cc(S(=O)(=O)N3CCN(Cc4cccc(C(F)(F)F)c4)CC3)ccc21. The van der Waals surface area contributed by atoms with Crippen molar-refractivity contribution in [2.24, 2.45) is 0 Å². The molecular weight excluding hydrogens is 443 g/mol. The molecule has 1 saturated heterocycles. The molecule has 6 nitrogen and oxygen atoms in total. The predicted octanol–water partition coefficient (Wildman–Crippen LogP) is 3.12. The van der Waals surface area contributed by atoms with Gasteiger partial charge in [-0.05, 0) is 41.8 Å². The molecule has 2 heterocycles. The third-order valence-corrected chi connectivity index (χ3v) is 7.85. The number of alkyl halides is 3. The van der Waals surface area contributed by atoms with Crippen LogP contribution < -0.4 is 4.90 Å². The third kappa shape index (κ3) is 4.53. The molecule has 0 N–H and O–H groups in total. The fraction of sp³-hybridized carbons (Fsp3) is 0.409. The molecule has 0 aromatic heterocycles. The zero-order valence-electron chi connectivity index (χ0n) is 17.6. The summed E-state index contributed by atoms with van der Waals surface area (Å²) in [5, 5.41) is 0. The average Bonchev–Trinajstić information content (AvgIpc) is 3.17. The molecule has 0 radical (unpaired) electrons. The maximum absolute atomic E-state index is 13.1. The normalized spacial score (nSPS) is 18.1. The van der Waals surface area contributed by atoms with E-state index < -0.39 is 21.8 Å². The van der Waals surface area contributed by atoms with Crippen LogP contribution in [0.5, 0.6) is 0 Å². The second-order valence-corrected chi connectivity index (χ2v) is 10.0. The van der Waals surface area contributed by atoms with Gasteiger partial charge in [-0.15, -0.1) is 0 Å². The highest BCUT2D eigenvalue weighted by Gasteiger charge is 2.32. The van der Waals surface area contributed by atoms with Gasteiger partial charge in [0.25, 0.3) is 0 Å². The lowest BCUT2D eigenvalue weighted by Gasteiger charge is -2.34. The number of anilines is 1. The van der Waals surface area contributed by atoms with Gasteiger partial charge in [-0.3, -0.25) is 9.69 Å². The largest absolute Gasteiger partial charge is 0.416 e. The van der Waals surface area contributed by atoms with Crippen LogP contribution >= 0.6 is 0 Å². The number of carbonyl (C=O) groups excluding carboxylic acids is 1. The molecule has 2 aliphatic rings. The van der Waals surface area contributed by atoms with Crippen LogP contribution in [0, 0.1) is 0 Å². The number of nitrogens with zero attached hydrogens (tertiary/aromatic N) is 3. The van der Waals surface area contributed by atoms with Crippen LogP contribution in [0.2, 0.25) is 0 Å². The van der Waals surface area contributed by atoms with Crippen LogP contribution in [-0.2, 0) is 34.0 Å². The highest BCUT2D eigenvalue weighted by molar-refractivity contribution is 7.89. The summed E-state index contributed by atoms with van der Waals surface area (Å²) in [6, 6.07) is 10.1. The topological polar surface area (TPSA) is 60.9 Å². The average molecular weight is 468 g/mol. The molecule has 172 valence electrons. The Bertz CT molecular complexity index is 1130. The lowest BCUT2D eigenvalue weighted by atomic mass is 10.1. The van der Waals surface area contributed by atoms with E-state index in [0.29, 0.717) is 38.2 Å². The molecule has 2 aromatic carbocycles. The molecule has 0 spiro atoms. The molecule has 0 bridgehead atoms. The van der Waals surface area contributed by atoms with E-state index in [-0.39, 0.29) is 23.9 Å². The Balaban J connectivity index is 1.42. The lowest BCUT2D eigenvalue weighted by Crippen LogP contribution is -2.48. The number of carbonyl (C=O) groups is 1. The second kappa shape index (κ2) is 8.49. The Kier molecular flexibility index (Phi) is 6.04. The van der Waals surface area contributed by atoms with Crippen molar-refractivity contribution in [3.05, 3.63) is 59.2 Å². The Morgan fingerprint density at radius 1 is 1.00 bits per heavy atom. The maximum atomic E-state index is 13.1. The molecular formula is C22H24F3N3O3S. The van der Waals surface area contributed by atoms with Crippen molar-refractivity contribution in [3.63, 3.8) is 0 Å². The molecule has 0 aliphatic carbocycles. The number of hydrogen-bond donors (Lipinski definition) is 0. The standard InChI is InChI=1S/C22H24F3N3O3S/c1-16(29)28-8-7-18-14-20(5-6-21(18)28)32(30,31)27-11-9-26(10-12-27)15-17-3-2-4-19(13-17)22(23,24)25/h2-6,13-14H,7-12,15H2,1H3. The van der Waals surface area contributed by atoms with E-state index in [1.165, 1.54) is 23.4 Å². The van der Waals surface area contributed by atoms with Crippen molar-refractivity contribution in [1.82, 2.24) is 9.21 Å². The van der Waals surface area contributed by atoms with Gasteiger partial charge >= 0.3 is 6.18 Å². The van der Waals surface area contributed by atoms with Crippen molar-refractivity contribution in [2.45, 2.75) is 31.0 Å². The number of fused-ring (bicyclic) bond motifs is 1. The summed E-state index contributed by atoms with van der Waals surface area (Å²) < 4.78 is 66.4. The first-order valence-electron chi connectivity index (χ1n) is 10.4. The minimum atomic E-state index is -4.39. The van der Waals surface area contributed by atoms with Crippen LogP contribution in [0.4, 0.5) is 18.9 Å². The van der Waals surface area contributed by atoms with E-state index in [9.17, 15) is 26.4 Å². The first-order chi connectivity index (χ1) is 15.1. The minimum Gasteiger partial charge on any atom is -0.312 e. The summed E-state index contributed by atoms with van der Waals surface area (Å²) in [6.45, 7) is 3.74. The molecule has 0 saturated carbocycles. The van der Waals surface area contributed by atoms with Crippen molar-refractivity contribution in [2.75, 3.05) is 37.6 Å².